The number of hydrazone groups is 1. The summed E-state index contributed by atoms with van der Waals surface area (Å²) in [5.74, 6) is -2.35. The molecule has 2 rings (SSSR count). The van der Waals surface area contributed by atoms with E-state index in [4.69, 9.17) is 5.73 Å². The molecule has 0 heterocycles. The number of nitrogens with zero attached hydrogens (tertiary/aromatic N) is 1. The molecule has 0 aliphatic rings. The van der Waals surface area contributed by atoms with Crippen molar-refractivity contribution in [2.75, 3.05) is 5.32 Å². The van der Waals surface area contributed by atoms with Crippen molar-refractivity contribution in [2.24, 2.45) is 10.8 Å². The summed E-state index contributed by atoms with van der Waals surface area (Å²) >= 11 is 0. The number of carbonyl (C=O) groups is 3. The lowest BCUT2D eigenvalue weighted by atomic mass is 10.1. The number of nitrogens with two attached hydrogens (primary N) is 1. The summed E-state index contributed by atoms with van der Waals surface area (Å²) < 4.78 is 0. The Kier molecular flexibility index (Phi) is 5.40. The van der Waals surface area contributed by atoms with Gasteiger partial charge in [-0.15, -0.1) is 0 Å². The largest absolute Gasteiger partial charge is 0.366 e. The summed E-state index contributed by atoms with van der Waals surface area (Å²) in [6.07, 6.45) is 1.46. The van der Waals surface area contributed by atoms with Crippen LogP contribution >= 0.6 is 0 Å². The number of carbonyl (C=O) groups excluding carboxylic acids is 3. The smallest absolute Gasteiger partial charge is 0.329 e. The van der Waals surface area contributed by atoms with E-state index in [2.05, 4.69) is 15.8 Å². The highest BCUT2D eigenvalue weighted by Crippen LogP contribution is 2.09. The molecule has 0 spiro atoms. The van der Waals surface area contributed by atoms with Crippen LogP contribution in [0.4, 0.5) is 5.69 Å². The van der Waals surface area contributed by atoms with Gasteiger partial charge in [0.2, 0.25) is 5.91 Å². The van der Waals surface area contributed by atoms with E-state index >= 15 is 0 Å². The first-order valence-electron chi connectivity index (χ1n) is 7.07. The van der Waals surface area contributed by atoms with E-state index < -0.39 is 17.7 Å². The van der Waals surface area contributed by atoms with Crippen molar-refractivity contribution in [3.63, 3.8) is 0 Å². The second-order valence-corrected chi connectivity index (χ2v) is 4.95. The van der Waals surface area contributed by atoms with Crippen LogP contribution < -0.4 is 16.5 Å². The van der Waals surface area contributed by atoms with Gasteiger partial charge < -0.3 is 11.1 Å². The quantitative estimate of drug-likeness (QED) is 0.446. The van der Waals surface area contributed by atoms with Crippen molar-refractivity contribution >= 4 is 29.6 Å². The Balaban J connectivity index is 1.91. The topological polar surface area (TPSA) is 114 Å². The molecule has 0 aliphatic carbocycles. The van der Waals surface area contributed by atoms with Crippen LogP contribution in [0, 0.1) is 6.92 Å². The molecular weight excluding hydrogens is 308 g/mol. The third-order valence-electron chi connectivity index (χ3n) is 3.19. The van der Waals surface area contributed by atoms with Crippen molar-refractivity contribution in [1.29, 1.82) is 0 Å². The van der Waals surface area contributed by atoms with E-state index in [1.165, 1.54) is 30.5 Å². The van der Waals surface area contributed by atoms with Crippen molar-refractivity contribution in [1.82, 2.24) is 5.43 Å². The number of amides is 3. The summed E-state index contributed by atoms with van der Waals surface area (Å²) in [6, 6.07) is 13.3. The maximum atomic E-state index is 11.8. The maximum Gasteiger partial charge on any atom is 0.329 e. The molecular formula is C17H16N4O3. The van der Waals surface area contributed by atoms with E-state index in [-0.39, 0.29) is 0 Å². The standard InChI is InChI=1S/C17H16N4O3/c1-11-4-2-3-5-13(11)10-19-21-17(24)16(23)20-14-8-6-12(7-9-14)15(18)22/h2-10H,1H3,(H2,18,22)(H,20,23)(H,21,24)/b19-10+. The SMILES string of the molecule is Cc1ccccc1/C=N/NC(=O)C(=O)Nc1ccc(C(N)=O)cc1. The lowest BCUT2D eigenvalue weighted by molar-refractivity contribution is -0.136. The van der Waals surface area contributed by atoms with Crippen molar-refractivity contribution in [2.45, 2.75) is 6.92 Å². The average molecular weight is 324 g/mol. The lowest BCUT2D eigenvalue weighted by Gasteiger charge is -2.04. The van der Waals surface area contributed by atoms with Crippen LogP contribution in [0.15, 0.2) is 53.6 Å². The van der Waals surface area contributed by atoms with E-state index in [1.807, 2.05) is 31.2 Å². The van der Waals surface area contributed by atoms with Gasteiger partial charge in [0.05, 0.1) is 6.21 Å². The first-order valence-corrected chi connectivity index (χ1v) is 7.07. The fourth-order valence-corrected chi connectivity index (χ4v) is 1.85. The van der Waals surface area contributed by atoms with Gasteiger partial charge in [-0.25, -0.2) is 5.43 Å². The monoisotopic (exact) mass is 324 g/mol. The normalized spacial score (nSPS) is 10.4. The van der Waals surface area contributed by atoms with Crippen LogP contribution in [0.25, 0.3) is 0 Å². The molecule has 24 heavy (non-hydrogen) atoms. The molecule has 3 amide bonds. The van der Waals surface area contributed by atoms with Crippen LogP contribution in [-0.2, 0) is 9.59 Å². The van der Waals surface area contributed by atoms with Crippen LogP contribution in [0.3, 0.4) is 0 Å². The van der Waals surface area contributed by atoms with Crippen molar-refractivity contribution in [3.8, 4) is 0 Å². The number of hydrogen-bond acceptors (Lipinski definition) is 4. The van der Waals surface area contributed by atoms with E-state index in [9.17, 15) is 14.4 Å². The molecule has 0 saturated heterocycles. The van der Waals surface area contributed by atoms with Gasteiger partial charge in [0.15, 0.2) is 0 Å². The minimum absolute atomic E-state index is 0.306. The fraction of sp³-hybridized carbons (Fsp3) is 0.0588. The maximum absolute atomic E-state index is 11.8. The van der Waals surface area contributed by atoms with Gasteiger partial charge in [0.1, 0.15) is 0 Å². The molecule has 0 bridgehead atoms. The summed E-state index contributed by atoms with van der Waals surface area (Å²) in [7, 11) is 0. The molecule has 2 aromatic rings. The highest BCUT2D eigenvalue weighted by atomic mass is 16.2. The molecule has 0 saturated carbocycles. The molecule has 0 aromatic heterocycles. The van der Waals surface area contributed by atoms with Gasteiger partial charge >= 0.3 is 11.8 Å². The molecule has 0 aliphatic heterocycles. The molecule has 7 nitrogen and oxygen atoms in total. The third-order valence-corrected chi connectivity index (χ3v) is 3.19. The fourth-order valence-electron chi connectivity index (χ4n) is 1.85. The zero-order chi connectivity index (χ0) is 17.5. The van der Waals surface area contributed by atoms with Crippen LogP contribution in [0.1, 0.15) is 21.5 Å². The number of nitrogens with one attached hydrogen (secondary N) is 2. The summed E-state index contributed by atoms with van der Waals surface area (Å²) in [5.41, 5.74) is 9.77. The molecule has 0 atom stereocenters. The Morgan fingerprint density at radius 3 is 2.29 bits per heavy atom. The van der Waals surface area contributed by atoms with Gasteiger partial charge in [0.25, 0.3) is 0 Å². The average Bonchev–Trinajstić information content (AvgIpc) is 2.57. The van der Waals surface area contributed by atoms with Crippen LogP contribution in [0.2, 0.25) is 0 Å². The minimum Gasteiger partial charge on any atom is -0.366 e. The Bertz CT molecular complexity index is 798. The Morgan fingerprint density at radius 2 is 1.67 bits per heavy atom. The molecule has 0 fully saturated rings. The van der Waals surface area contributed by atoms with Gasteiger partial charge in [0, 0.05) is 11.3 Å². The lowest BCUT2D eigenvalue weighted by Crippen LogP contribution is -2.32. The Hall–Kier alpha value is -3.48. The summed E-state index contributed by atoms with van der Waals surface area (Å²) in [6.45, 7) is 1.91. The van der Waals surface area contributed by atoms with Crippen molar-refractivity contribution < 1.29 is 14.4 Å². The highest BCUT2D eigenvalue weighted by molar-refractivity contribution is 6.39. The first kappa shape index (κ1) is 16.9. The highest BCUT2D eigenvalue weighted by Gasteiger charge is 2.13. The number of hydrogen-bond donors (Lipinski definition) is 3. The first-order chi connectivity index (χ1) is 11.5. The van der Waals surface area contributed by atoms with Crippen LogP contribution in [0.5, 0.6) is 0 Å². The van der Waals surface area contributed by atoms with E-state index in [0.29, 0.717) is 11.3 Å². The Morgan fingerprint density at radius 1 is 1.00 bits per heavy atom. The van der Waals surface area contributed by atoms with Crippen LogP contribution in [-0.4, -0.2) is 23.9 Å². The number of primary amides is 1. The molecule has 4 N–H and O–H groups in total. The molecule has 2 aromatic carbocycles. The molecule has 0 radical (unpaired) electrons. The van der Waals surface area contributed by atoms with Gasteiger partial charge in [-0.05, 0) is 42.3 Å². The van der Waals surface area contributed by atoms with Gasteiger partial charge in [-0.1, -0.05) is 24.3 Å². The second-order valence-electron chi connectivity index (χ2n) is 4.95. The summed E-state index contributed by atoms with van der Waals surface area (Å²) in [5, 5.41) is 6.15. The number of aryl methyl sites for hydroxylation is 1. The minimum atomic E-state index is -0.904. The molecule has 0 unspecified atom stereocenters. The predicted molar refractivity (Wildman–Crippen MR) is 90.5 cm³/mol. The number of rotatable bonds is 4. The van der Waals surface area contributed by atoms with E-state index in [0.717, 1.165) is 11.1 Å². The number of anilines is 1. The van der Waals surface area contributed by atoms with Gasteiger partial charge in [-0.2, -0.15) is 5.10 Å². The Labute approximate surface area is 138 Å². The zero-order valence-electron chi connectivity index (χ0n) is 12.9. The predicted octanol–water partition coefficient (Wildman–Crippen LogP) is 1.18. The zero-order valence-corrected chi connectivity index (χ0v) is 12.9. The second kappa shape index (κ2) is 7.68. The molecule has 122 valence electrons. The molecule has 7 heteroatoms. The van der Waals surface area contributed by atoms with Crippen molar-refractivity contribution in [3.05, 3.63) is 65.2 Å². The van der Waals surface area contributed by atoms with Gasteiger partial charge in [-0.3, -0.25) is 14.4 Å². The summed E-state index contributed by atoms with van der Waals surface area (Å²) in [4.78, 5) is 34.4. The number of benzene rings is 2. The third kappa shape index (κ3) is 4.51. The van der Waals surface area contributed by atoms with E-state index in [1.54, 1.807) is 0 Å².